The maximum atomic E-state index is 5.45. The van der Waals surface area contributed by atoms with Crippen LogP contribution < -0.4 is 5.32 Å². The average Bonchev–Trinajstić information content (AvgIpc) is 2.38. The van der Waals surface area contributed by atoms with E-state index in [1.54, 1.807) is 0 Å². The Hall–Kier alpha value is 0.1000. The Kier molecular flexibility index (Phi) is 6.33. The average molecular weight is 391 g/mol. The van der Waals surface area contributed by atoms with Crippen LogP contribution in [0.15, 0.2) is 27.1 Å². The molecule has 19 heavy (non-hydrogen) atoms. The minimum atomic E-state index is 0.432. The van der Waals surface area contributed by atoms with Crippen molar-refractivity contribution < 1.29 is 4.74 Å². The zero-order chi connectivity index (χ0) is 13.7. The van der Waals surface area contributed by atoms with Crippen LogP contribution in [0, 0.1) is 5.92 Å². The number of ether oxygens (including phenoxy) is 1. The fraction of sp³-hybridized carbons (Fsp3) is 0.600. The van der Waals surface area contributed by atoms with Crippen LogP contribution in [0.25, 0.3) is 0 Å². The number of nitrogens with one attached hydrogen (secondary N) is 1. The predicted molar refractivity (Wildman–Crippen MR) is 86.4 cm³/mol. The predicted octanol–water partition coefficient (Wildman–Crippen LogP) is 4.68. The highest BCUT2D eigenvalue weighted by atomic mass is 79.9. The maximum Gasteiger partial charge on any atom is 0.0468 e. The van der Waals surface area contributed by atoms with Gasteiger partial charge in [0.2, 0.25) is 0 Å². The van der Waals surface area contributed by atoms with E-state index in [9.17, 15) is 0 Å². The van der Waals surface area contributed by atoms with Gasteiger partial charge >= 0.3 is 0 Å². The molecule has 1 aromatic rings. The van der Waals surface area contributed by atoms with Gasteiger partial charge in [0.1, 0.15) is 0 Å². The first-order chi connectivity index (χ1) is 9.19. The van der Waals surface area contributed by atoms with E-state index in [0.29, 0.717) is 6.04 Å². The zero-order valence-electron chi connectivity index (χ0n) is 11.3. The van der Waals surface area contributed by atoms with E-state index in [4.69, 9.17) is 4.74 Å². The van der Waals surface area contributed by atoms with Gasteiger partial charge in [-0.15, -0.1) is 0 Å². The van der Waals surface area contributed by atoms with Crippen molar-refractivity contribution in [1.29, 1.82) is 0 Å². The monoisotopic (exact) mass is 389 g/mol. The third-order valence-corrected chi connectivity index (χ3v) is 4.56. The van der Waals surface area contributed by atoms with Crippen molar-refractivity contribution in [3.63, 3.8) is 0 Å². The summed E-state index contributed by atoms with van der Waals surface area (Å²) in [6.07, 6.45) is 3.58. The van der Waals surface area contributed by atoms with Crippen molar-refractivity contribution in [2.75, 3.05) is 19.8 Å². The topological polar surface area (TPSA) is 21.3 Å². The van der Waals surface area contributed by atoms with Crippen molar-refractivity contribution in [2.24, 2.45) is 5.92 Å². The maximum absolute atomic E-state index is 5.45. The molecule has 4 heteroatoms. The Morgan fingerprint density at radius 1 is 1.21 bits per heavy atom. The lowest BCUT2D eigenvalue weighted by atomic mass is 9.89. The minimum absolute atomic E-state index is 0.432. The van der Waals surface area contributed by atoms with Gasteiger partial charge < -0.3 is 10.1 Å². The van der Waals surface area contributed by atoms with E-state index in [0.717, 1.165) is 34.6 Å². The molecule has 0 radical (unpaired) electrons. The molecule has 1 fully saturated rings. The molecule has 106 valence electrons. The van der Waals surface area contributed by atoms with Crippen LogP contribution in [0.3, 0.4) is 0 Å². The standard InChI is InChI=1S/C15H21Br2NO/c1-2-18-15(7-11-3-5-19-6-4-11)12-8-13(16)10-14(17)9-12/h8-11,15,18H,2-7H2,1H3. The Morgan fingerprint density at radius 2 is 1.84 bits per heavy atom. The van der Waals surface area contributed by atoms with E-state index >= 15 is 0 Å². The largest absolute Gasteiger partial charge is 0.381 e. The molecule has 0 amide bonds. The van der Waals surface area contributed by atoms with E-state index in [1.165, 1.54) is 24.8 Å². The normalized spacial score (nSPS) is 18.5. The fourth-order valence-corrected chi connectivity index (χ4v) is 4.00. The second-order valence-corrected chi connectivity index (χ2v) is 6.94. The van der Waals surface area contributed by atoms with Crippen LogP contribution >= 0.6 is 31.9 Å². The molecule has 1 aliphatic heterocycles. The zero-order valence-corrected chi connectivity index (χ0v) is 14.5. The third kappa shape index (κ3) is 4.85. The van der Waals surface area contributed by atoms with E-state index in [1.807, 2.05) is 0 Å². The van der Waals surface area contributed by atoms with Gasteiger partial charge in [-0.25, -0.2) is 0 Å². The number of rotatable bonds is 5. The van der Waals surface area contributed by atoms with Crippen LogP contribution in [0.1, 0.15) is 37.8 Å². The molecular formula is C15H21Br2NO. The fourth-order valence-electron chi connectivity index (χ4n) is 2.68. The van der Waals surface area contributed by atoms with Gasteiger partial charge in [-0.2, -0.15) is 0 Å². The van der Waals surface area contributed by atoms with Gasteiger partial charge in [-0.3, -0.25) is 0 Å². The first kappa shape index (κ1) is 15.5. The SMILES string of the molecule is CCNC(CC1CCOCC1)c1cc(Br)cc(Br)c1. The third-order valence-electron chi connectivity index (χ3n) is 3.65. The van der Waals surface area contributed by atoms with Crippen LogP contribution in [-0.2, 0) is 4.74 Å². The van der Waals surface area contributed by atoms with Gasteiger partial charge in [-0.05, 0) is 55.5 Å². The van der Waals surface area contributed by atoms with Crippen molar-refractivity contribution in [2.45, 2.75) is 32.2 Å². The van der Waals surface area contributed by atoms with Gasteiger partial charge in [0.25, 0.3) is 0 Å². The Bertz CT molecular complexity index is 385. The number of halogens is 2. The van der Waals surface area contributed by atoms with Crippen LogP contribution in [-0.4, -0.2) is 19.8 Å². The van der Waals surface area contributed by atoms with Gasteiger partial charge in [-0.1, -0.05) is 38.8 Å². The second-order valence-electron chi connectivity index (χ2n) is 5.10. The van der Waals surface area contributed by atoms with E-state index < -0.39 is 0 Å². The summed E-state index contributed by atoms with van der Waals surface area (Å²) in [7, 11) is 0. The molecule has 1 N–H and O–H groups in total. The summed E-state index contributed by atoms with van der Waals surface area (Å²) < 4.78 is 7.71. The Labute approximate surface area is 132 Å². The molecule has 1 atom stereocenters. The summed E-state index contributed by atoms with van der Waals surface area (Å²) in [5.74, 6) is 0.774. The first-order valence-corrected chi connectivity index (χ1v) is 8.54. The van der Waals surface area contributed by atoms with Crippen molar-refractivity contribution >= 4 is 31.9 Å². The molecule has 0 bridgehead atoms. The number of benzene rings is 1. The lowest BCUT2D eigenvalue weighted by Crippen LogP contribution is -2.26. The van der Waals surface area contributed by atoms with Crippen LogP contribution in [0.5, 0.6) is 0 Å². The van der Waals surface area contributed by atoms with Crippen LogP contribution in [0.2, 0.25) is 0 Å². The van der Waals surface area contributed by atoms with Crippen LogP contribution in [0.4, 0.5) is 0 Å². The summed E-state index contributed by atoms with van der Waals surface area (Å²) in [5, 5.41) is 3.62. The summed E-state index contributed by atoms with van der Waals surface area (Å²) in [6.45, 7) is 5.01. The molecule has 0 spiro atoms. The lowest BCUT2D eigenvalue weighted by Gasteiger charge is -2.27. The Balaban J connectivity index is 2.09. The van der Waals surface area contributed by atoms with Crippen molar-refractivity contribution in [3.8, 4) is 0 Å². The molecule has 0 aromatic heterocycles. The minimum Gasteiger partial charge on any atom is -0.381 e. The Morgan fingerprint density at radius 3 is 2.42 bits per heavy atom. The molecule has 0 saturated carbocycles. The highest BCUT2D eigenvalue weighted by molar-refractivity contribution is 9.11. The van der Waals surface area contributed by atoms with Gasteiger partial charge in [0.05, 0.1) is 0 Å². The smallest absolute Gasteiger partial charge is 0.0468 e. The highest BCUT2D eigenvalue weighted by Gasteiger charge is 2.20. The molecule has 1 aliphatic rings. The molecule has 1 saturated heterocycles. The summed E-state index contributed by atoms with van der Waals surface area (Å²) >= 11 is 7.16. The van der Waals surface area contributed by atoms with Crippen molar-refractivity contribution in [3.05, 3.63) is 32.7 Å². The molecule has 1 heterocycles. The summed E-state index contributed by atoms with van der Waals surface area (Å²) in [4.78, 5) is 0. The molecule has 2 nitrogen and oxygen atoms in total. The first-order valence-electron chi connectivity index (χ1n) is 6.96. The molecule has 1 unspecified atom stereocenters. The summed E-state index contributed by atoms with van der Waals surface area (Å²) in [5.41, 5.74) is 1.36. The van der Waals surface area contributed by atoms with E-state index in [-0.39, 0.29) is 0 Å². The van der Waals surface area contributed by atoms with E-state index in [2.05, 4.69) is 62.3 Å². The second kappa shape index (κ2) is 7.77. The van der Waals surface area contributed by atoms with Crippen molar-refractivity contribution in [1.82, 2.24) is 5.32 Å². The molecule has 1 aromatic carbocycles. The molecule has 2 rings (SSSR count). The van der Waals surface area contributed by atoms with Gasteiger partial charge in [0.15, 0.2) is 0 Å². The quantitative estimate of drug-likeness (QED) is 0.787. The molecular weight excluding hydrogens is 370 g/mol. The number of hydrogen-bond acceptors (Lipinski definition) is 2. The highest BCUT2D eigenvalue weighted by Crippen LogP contribution is 2.30. The lowest BCUT2D eigenvalue weighted by molar-refractivity contribution is 0.0606. The van der Waals surface area contributed by atoms with Gasteiger partial charge in [0, 0.05) is 28.2 Å². The number of hydrogen-bond donors (Lipinski definition) is 1. The molecule has 0 aliphatic carbocycles. The summed E-state index contributed by atoms with van der Waals surface area (Å²) in [6, 6.07) is 6.96.